The largest absolute Gasteiger partial charge is 0.497 e. The van der Waals surface area contributed by atoms with Gasteiger partial charge in [-0.05, 0) is 52.3 Å². The average molecular weight is 426 g/mol. The zero-order valence-electron chi connectivity index (χ0n) is 16.6. The highest BCUT2D eigenvalue weighted by Crippen LogP contribution is 2.33. The van der Waals surface area contributed by atoms with Crippen LogP contribution in [0.25, 0.3) is 0 Å². The second kappa shape index (κ2) is 10.3. The molecule has 27 heavy (non-hydrogen) atoms. The molecule has 0 aliphatic carbocycles. The number of rotatable bonds is 9. The molecule has 1 unspecified atom stereocenters. The molecule has 1 aromatic heterocycles. The van der Waals surface area contributed by atoms with Gasteiger partial charge in [-0.25, -0.2) is 0 Å². The maximum Gasteiger partial charge on any atom is 0.236 e. The van der Waals surface area contributed by atoms with Crippen molar-refractivity contribution in [3.63, 3.8) is 0 Å². The molecule has 0 N–H and O–H groups in total. The van der Waals surface area contributed by atoms with E-state index in [9.17, 15) is 4.79 Å². The number of hydrogen-bond acceptors (Lipinski definition) is 7. The van der Waals surface area contributed by atoms with Crippen LogP contribution < -0.4 is 4.74 Å². The van der Waals surface area contributed by atoms with Gasteiger partial charge in [0.2, 0.25) is 5.91 Å². The van der Waals surface area contributed by atoms with Gasteiger partial charge in [0.1, 0.15) is 5.75 Å². The Balaban J connectivity index is 1.91. The topological polar surface area (TPSA) is 55.3 Å². The van der Waals surface area contributed by atoms with Gasteiger partial charge in [-0.1, -0.05) is 47.0 Å². The van der Waals surface area contributed by atoms with Crippen molar-refractivity contribution in [2.45, 2.75) is 66.4 Å². The molecule has 0 spiro atoms. The van der Waals surface area contributed by atoms with E-state index in [0.717, 1.165) is 20.2 Å². The van der Waals surface area contributed by atoms with Crippen LogP contribution in [0.15, 0.2) is 32.9 Å². The third kappa shape index (κ3) is 6.40. The number of nitrogens with zero attached hydrogens (tertiary/aromatic N) is 3. The SMILES string of the molecule is COc1ccc(CSc2nnc(SC(C)C(=O)N(C(C)C)C(C)C)s2)cc1. The monoisotopic (exact) mass is 425 g/mol. The fraction of sp³-hybridized carbons (Fsp3) is 0.526. The Hall–Kier alpha value is -1.25. The summed E-state index contributed by atoms with van der Waals surface area (Å²) in [6, 6.07) is 8.39. The molecule has 148 valence electrons. The summed E-state index contributed by atoms with van der Waals surface area (Å²) in [5, 5.41) is 8.32. The maximum absolute atomic E-state index is 12.7. The number of thioether (sulfide) groups is 2. The molecule has 0 aliphatic heterocycles. The Morgan fingerprint density at radius 1 is 1.07 bits per heavy atom. The van der Waals surface area contributed by atoms with Gasteiger partial charge in [0, 0.05) is 17.8 Å². The highest BCUT2D eigenvalue weighted by atomic mass is 32.2. The molecule has 0 aliphatic rings. The van der Waals surface area contributed by atoms with Crippen LogP contribution in [0.3, 0.4) is 0 Å². The molecule has 2 aromatic rings. The van der Waals surface area contributed by atoms with Crippen molar-refractivity contribution in [2.75, 3.05) is 7.11 Å². The van der Waals surface area contributed by atoms with E-state index in [1.807, 2.05) is 51.7 Å². The molecule has 0 fully saturated rings. The number of aromatic nitrogens is 2. The van der Waals surface area contributed by atoms with Gasteiger partial charge in [-0.3, -0.25) is 4.79 Å². The molecular formula is C19H27N3O2S3. The summed E-state index contributed by atoms with van der Waals surface area (Å²) < 4.78 is 6.93. The summed E-state index contributed by atoms with van der Waals surface area (Å²) in [5.41, 5.74) is 1.21. The predicted octanol–water partition coefficient (Wildman–Crippen LogP) is 4.97. The number of hydrogen-bond donors (Lipinski definition) is 0. The smallest absolute Gasteiger partial charge is 0.236 e. The van der Waals surface area contributed by atoms with Crippen LogP contribution in [0.5, 0.6) is 5.75 Å². The first-order valence-electron chi connectivity index (χ1n) is 8.89. The second-order valence-corrected chi connectivity index (χ2v) is 10.5. The number of ether oxygens (including phenoxy) is 1. The Morgan fingerprint density at radius 3 is 2.22 bits per heavy atom. The molecular weight excluding hydrogens is 398 g/mol. The highest BCUT2D eigenvalue weighted by molar-refractivity contribution is 8.03. The van der Waals surface area contributed by atoms with Crippen molar-refractivity contribution >= 4 is 40.8 Å². The van der Waals surface area contributed by atoms with E-state index in [2.05, 4.69) is 22.3 Å². The zero-order valence-corrected chi connectivity index (χ0v) is 19.1. The lowest BCUT2D eigenvalue weighted by atomic mass is 10.2. The van der Waals surface area contributed by atoms with E-state index >= 15 is 0 Å². The van der Waals surface area contributed by atoms with E-state index in [4.69, 9.17) is 4.74 Å². The van der Waals surface area contributed by atoms with Crippen LogP contribution in [-0.4, -0.2) is 45.4 Å². The van der Waals surface area contributed by atoms with Crippen LogP contribution in [0.4, 0.5) is 0 Å². The highest BCUT2D eigenvalue weighted by Gasteiger charge is 2.26. The summed E-state index contributed by atoms with van der Waals surface area (Å²) in [5.74, 6) is 1.83. The van der Waals surface area contributed by atoms with Gasteiger partial charge in [-0.2, -0.15) is 0 Å². The average Bonchev–Trinajstić information content (AvgIpc) is 3.07. The summed E-state index contributed by atoms with van der Waals surface area (Å²) >= 11 is 4.68. The first kappa shape index (κ1) is 22.0. The molecule has 2 rings (SSSR count). The van der Waals surface area contributed by atoms with Crippen molar-refractivity contribution in [1.29, 1.82) is 0 Å². The number of carbonyl (C=O) groups is 1. The fourth-order valence-electron chi connectivity index (χ4n) is 2.69. The lowest BCUT2D eigenvalue weighted by Crippen LogP contribution is -2.45. The first-order valence-corrected chi connectivity index (χ1v) is 11.6. The third-order valence-corrected chi connectivity index (χ3v) is 7.20. The first-order chi connectivity index (χ1) is 12.8. The zero-order chi connectivity index (χ0) is 20.0. The van der Waals surface area contributed by atoms with Gasteiger partial charge in [0.15, 0.2) is 8.68 Å². The number of methoxy groups -OCH3 is 1. The van der Waals surface area contributed by atoms with Crippen LogP contribution >= 0.6 is 34.9 Å². The van der Waals surface area contributed by atoms with Crippen LogP contribution in [0, 0.1) is 0 Å². The normalized spacial score (nSPS) is 12.4. The second-order valence-electron chi connectivity index (χ2n) is 6.66. The summed E-state index contributed by atoms with van der Waals surface area (Å²) in [6.45, 7) is 10.1. The van der Waals surface area contributed by atoms with Crippen molar-refractivity contribution in [3.05, 3.63) is 29.8 Å². The van der Waals surface area contributed by atoms with Crippen molar-refractivity contribution < 1.29 is 9.53 Å². The number of carbonyl (C=O) groups excluding carboxylic acids is 1. The van der Waals surface area contributed by atoms with Crippen molar-refractivity contribution in [2.24, 2.45) is 0 Å². The molecule has 1 atom stereocenters. The van der Waals surface area contributed by atoms with Gasteiger partial charge >= 0.3 is 0 Å². The quantitative estimate of drug-likeness (QED) is 0.529. The third-order valence-electron chi connectivity index (χ3n) is 3.90. The van der Waals surface area contributed by atoms with Gasteiger partial charge in [0.25, 0.3) is 0 Å². The molecule has 0 radical (unpaired) electrons. The van der Waals surface area contributed by atoms with Crippen molar-refractivity contribution in [1.82, 2.24) is 15.1 Å². The summed E-state index contributed by atoms with van der Waals surface area (Å²) in [7, 11) is 1.66. The molecule has 0 bridgehead atoms. The number of amides is 1. The molecule has 1 aromatic carbocycles. The Morgan fingerprint density at radius 2 is 1.67 bits per heavy atom. The number of benzene rings is 1. The van der Waals surface area contributed by atoms with Crippen molar-refractivity contribution in [3.8, 4) is 5.75 Å². The lowest BCUT2D eigenvalue weighted by Gasteiger charge is -2.32. The predicted molar refractivity (Wildman–Crippen MR) is 115 cm³/mol. The molecule has 1 amide bonds. The van der Waals surface area contributed by atoms with Crippen LogP contribution in [0.2, 0.25) is 0 Å². The van der Waals surface area contributed by atoms with E-state index in [0.29, 0.717) is 0 Å². The van der Waals surface area contributed by atoms with Gasteiger partial charge in [-0.15, -0.1) is 10.2 Å². The Kier molecular flexibility index (Phi) is 8.44. The Labute approximate surface area is 174 Å². The van der Waals surface area contributed by atoms with Crippen LogP contribution in [0.1, 0.15) is 40.2 Å². The fourth-order valence-corrected chi connectivity index (χ4v) is 5.86. The summed E-state index contributed by atoms with van der Waals surface area (Å²) in [6.07, 6.45) is 0. The minimum absolute atomic E-state index is 0.146. The lowest BCUT2D eigenvalue weighted by molar-refractivity contribution is -0.133. The molecule has 1 heterocycles. The van der Waals surface area contributed by atoms with Crippen LogP contribution in [-0.2, 0) is 10.5 Å². The minimum atomic E-state index is -0.179. The standard InChI is InChI=1S/C19H27N3O2S3/c1-12(2)22(13(3)4)17(23)14(5)26-19-21-20-18(27-19)25-11-15-7-9-16(24-6)10-8-15/h7-10,12-14H,11H2,1-6H3. The van der Waals surface area contributed by atoms with E-state index < -0.39 is 0 Å². The van der Waals surface area contributed by atoms with E-state index in [1.54, 1.807) is 30.2 Å². The van der Waals surface area contributed by atoms with Gasteiger partial charge < -0.3 is 9.64 Å². The molecule has 8 heteroatoms. The van der Waals surface area contributed by atoms with E-state index in [1.165, 1.54) is 17.3 Å². The maximum atomic E-state index is 12.7. The van der Waals surface area contributed by atoms with E-state index in [-0.39, 0.29) is 23.2 Å². The molecule has 0 saturated heterocycles. The molecule has 5 nitrogen and oxygen atoms in total. The minimum Gasteiger partial charge on any atom is -0.497 e. The van der Waals surface area contributed by atoms with Gasteiger partial charge in [0.05, 0.1) is 12.4 Å². The summed E-state index contributed by atoms with van der Waals surface area (Å²) in [4.78, 5) is 14.7. The Bertz CT molecular complexity index is 724. The molecule has 0 saturated carbocycles.